The maximum absolute atomic E-state index is 12.4. The summed E-state index contributed by atoms with van der Waals surface area (Å²) in [6.45, 7) is 7.85. The van der Waals surface area contributed by atoms with E-state index in [9.17, 15) is 4.79 Å². The highest BCUT2D eigenvalue weighted by atomic mass is 16.6. The first-order valence-corrected chi connectivity index (χ1v) is 8.95. The molecule has 1 fully saturated rings. The summed E-state index contributed by atoms with van der Waals surface area (Å²) in [6.07, 6.45) is 7.82. The van der Waals surface area contributed by atoms with Crippen molar-refractivity contribution in [3.8, 4) is 0 Å². The smallest absolute Gasteiger partial charge is 0.408 e. The van der Waals surface area contributed by atoms with Crippen LogP contribution in [0.2, 0.25) is 0 Å². The fraction of sp³-hybridized carbons (Fsp3) is 0.550. The summed E-state index contributed by atoms with van der Waals surface area (Å²) >= 11 is 0. The predicted molar refractivity (Wildman–Crippen MR) is 96.8 cm³/mol. The number of hydrogen-bond acceptors (Lipinski definition) is 3. The van der Waals surface area contributed by atoms with E-state index in [0.717, 1.165) is 13.1 Å². The molecule has 0 unspecified atom stereocenters. The first-order chi connectivity index (χ1) is 11.4. The number of alkyl carbamates (subject to hydrolysis) is 1. The van der Waals surface area contributed by atoms with Gasteiger partial charge in [-0.3, -0.25) is 4.90 Å². The van der Waals surface area contributed by atoms with Crippen molar-refractivity contribution < 1.29 is 9.53 Å². The van der Waals surface area contributed by atoms with Crippen LogP contribution in [0.15, 0.2) is 30.3 Å². The van der Waals surface area contributed by atoms with Crippen molar-refractivity contribution in [2.24, 2.45) is 0 Å². The van der Waals surface area contributed by atoms with Crippen molar-refractivity contribution in [2.45, 2.75) is 57.7 Å². The second kappa shape index (κ2) is 6.98. The minimum Gasteiger partial charge on any atom is -0.444 e. The Labute approximate surface area is 144 Å². The van der Waals surface area contributed by atoms with E-state index in [0.29, 0.717) is 0 Å². The van der Waals surface area contributed by atoms with Gasteiger partial charge in [0.2, 0.25) is 0 Å². The number of rotatable bonds is 2. The quantitative estimate of drug-likeness (QED) is 0.887. The van der Waals surface area contributed by atoms with Crippen molar-refractivity contribution in [1.29, 1.82) is 0 Å². The Bertz CT molecular complexity index is 612. The average molecular weight is 328 g/mol. The molecule has 1 heterocycles. The number of fused-ring (bicyclic) bond motifs is 1. The summed E-state index contributed by atoms with van der Waals surface area (Å²) in [5, 5.41) is 3.12. The molecule has 24 heavy (non-hydrogen) atoms. The Morgan fingerprint density at radius 1 is 1.17 bits per heavy atom. The van der Waals surface area contributed by atoms with E-state index < -0.39 is 5.60 Å². The molecule has 1 aliphatic heterocycles. The fourth-order valence-corrected chi connectivity index (χ4v) is 3.59. The van der Waals surface area contributed by atoms with Gasteiger partial charge in [0.1, 0.15) is 5.60 Å². The van der Waals surface area contributed by atoms with Gasteiger partial charge in [-0.05, 0) is 57.8 Å². The normalized spacial score (nSPS) is 24.3. The standard InChI is InChI=1S/C20H28N2O2/c1-20(2,3)24-19(23)21-18-16-10-6-5-9-15(16)11-12-17(18)22-13-7-4-8-14-22/h5-6,9-12,17-18H,4,7-8,13-14H2,1-3H3,(H,21,23)/t17-,18-/m0/s1. The number of carbonyl (C=O) groups is 1. The van der Waals surface area contributed by atoms with E-state index in [1.807, 2.05) is 32.9 Å². The molecule has 1 saturated heterocycles. The zero-order valence-corrected chi connectivity index (χ0v) is 14.9. The molecule has 1 aliphatic carbocycles. The Balaban J connectivity index is 1.84. The first-order valence-electron chi connectivity index (χ1n) is 8.95. The van der Waals surface area contributed by atoms with E-state index in [1.165, 1.54) is 30.4 Å². The Hall–Kier alpha value is -1.81. The van der Waals surface area contributed by atoms with Crippen LogP contribution in [0.3, 0.4) is 0 Å². The second-order valence-corrected chi connectivity index (χ2v) is 7.70. The lowest BCUT2D eigenvalue weighted by Crippen LogP contribution is -2.49. The number of piperidine rings is 1. The molecular formula is C20H28N2O2. The number of ether oxygens (including phenoxy) is 1. The van der Waals surface area contributed by atoms with Gasteiger partial charge in [-0.25, -0.2) is 4.79 Å². The molecular weight excluding hydrogens is 300 g/mol. The molecule has 4 nitrogen and oxygen atoms in total. The summed E-state index contributed by atoms with van der Waals surface area (Å²) in [4.78, 5) is 14.9. The number of nitrogens with zero attached hydrogens (tertiary/aromatic N) is 1. The number of nitrogens with one attached hydrogen (secondary N) is 1. The molecule has 0 bridgehead atoms. The third-order valence-corrected chi connectivity index (χ3v) is 4.63. The van der Waals surface area contributed by atoms with Crippen LogP contribution in [0.1, 0.15) is 57.2 Å². The summed E-state index contributed by atoms with van der Waals surface area (Å²) in [7, 11) is 0. The molecule has 130 valence electrons. The number of hydrogen-bond donors (Lipinski definition) is 1. The van der Waals surface area contributed by atoms with Crippen LogP contribution in [-0.4, -0.2) is 35.7 Å². The largest absolute Gasteiger partial charge is 0.444 e. The van der Waals surface area contributed by atoms with Gasteiger partial charge in [0.25, 0.3) is 0 Å². The molecule has 1 amide bonds. The third kappa shape index (κ3) is 3.99. The van der Waals surface area contributed by atoms with Gasteiger partial charge in [-0.1, -0.05) is 42.8 Å². The Morgan fingerprint density at radius 3 is 2.58 bits per heavy atom. The number of carbonyl (C=O) groups excluding carboxylic acids is 1. The second-order valence-electron chi connectivity index (χ2n) is 7.70. The van der Waals surface area contributed by atoms with Crippen molar-refractivity contribution in [3.63, 3.8) is 0 Å². The maximum Gasteiger partial charge on any atom is 0.408 e. The molecule has 0 saturated carbocycles. The van der Waals surface area contributed by atoms with E-state index in [1.54, 1.807) is 0 Å². The van der Waals surface area contributed by atoms with Gasteiger partial charge >= 0.3 is 6.09 Å². The first kappa shape index (κ1) is 17.0. The lowest BCUT2D eigenvalue weighted by Gasteiger charge is -2.40. The van der Waals surface area contributed by atoms with Gasteiger partial charge in [0, 0.05) is 0 Å². The van der Waals surface area contributed by atoms with Crippen LogP contribution in [0, 0.1) is 0 Å². The zero-order chi connectivity index (χ0) is 17.2. The monoisotopic (exact) mass is 328 g/mol. The Kier molecular flexibility index (Phi) is 4.95. The van der Waals surface area contributed by atoms with Gasteiger partial charge < -0.3 is 10.1 Å². The molecule has 1 aromatic rings. The van der Waals surface area contributed by atoms with Gasteiger partial charge in [-0.15, -0.1) is 0 Å². The van der Waals surface area contributed by atoms with Crippen molar-refractivity contribution in [3.05, 3.63) is 41.5 Å². The molecule has 0 aromatic heterocycles. The molecule has 3 rings (SSSR count). The van der Waals surface area contributed by atoms with Gasteiger partial charge in [0.05, 0.1) is 12.1 Å². The SMILES string of the molecule is CC(C)(C)OC(=O)N[C@H]1c2ccccc2C=C[C@@H]1N1CCCCC1. The van der Waals surface area contributed by atoms with Crippen LogP contribution < -0.4 is 5.32 Å². The fourth-order valence-electron chi connectivity index (χ4n) is 3.59. The minimum atomic E-state index is -0.491. The number of likely N-dealkylation sites (tertiary alicyclic amines) is 1. The van der Waals surface area contributed by atoms with Crippen LogP contribution in [0.5, 0.6) is 0 Å². The van der Waals surface area contributed by atoms with Crippen molar-refractivity contribution >= 4 is 12.2 Å². The highest BCUT2D eigenvalue weighted by Crippen LogP contribution is 2.32. The van der Waals surface area contributed by atoms with Crippen LogP contribution in [-0.2, 0) is 4.74 Å². The predicted octanol–water partition coefficient (Wildman–Crippen LogP) is 4.13. The summed E-state index contributed by atoms with van der Waals surface area (Å²) < 4.78 is 5.50. The van der Waals surface area contributed by atoms with E-state index >= 15 is 0 Å². The average Bonchev–Trinajstić information content (AvgIpc) is 2.54. The molecule has 2 atom stereocenters. The molecule has 1 N–H and O–H groups in total. The third-order valence-electron chi connectivity index (χ3n) is 4.63. The van der Waals surface area contributed by atoms with E-state index in [-0.39, 0.29) is 18.2 Å². The lowest BCUT2D eigenvalue weighted by atomic mass is 9.87. The van der Waals surface area contributed by atoms with Gasteiger partial charge in [0.15, 0.2) is 0 Å². The van der Waals surface area contributed by atoms with E-state index in [2.05, 4.69) is 34.5 Å². The Morgan fingerprint density at radius 2 is 1.88 bits per heavy atom. The van der Waals surface area contributed by atoms with Crippen molar-refractivity contribution in [2.75, 3.05) is 13.1 Å². The van der Waals surface area contributed by atoms with E-state index in [4.69, 9.17) is 4.74 Å². The summed E-state index contributed by atoms with van der Waals surface area (Å²) in [5.74, 6) is 0. The molecule has 1 aromatic carbocycles. The summed E-state index contributed by atoms with van der Waals surface area (Å²) in [5.41, 5.74) is 1.85. The maximum atomic E-state index is 12.4. The molecule has 0 radical (unpaired) electrons. The zero-order valence-electron chi connectivity index (χ0n) is 14.9. The van der Waals surface area contributed by atoms with Crippen LogP contribution >= 0.6 is 0 Å². The van der Waals surface area contributed by atoms with Gasteiger partial charge in [-0.2, -0.15) is 0 Å². The number of benzene rings is 1. The lowest BCUT2D eigenvalue weighted by molar-refractivity contribution is 0.0466. The topological polar surface area (TPSA) is 41.6 Å². The van der Waals surface area contributed by atoms with Crippen LogP contribution in [0.25, 0.3) is 6.08 Å². The summed E-state index contributed by atoms with van der Waals surface area (Å²) in [6, 6.07) is 8.40. The minimum absolute atomic E-state index is 0.0702. The highest BCUT2D eigenvalue weighted by molar-refractivity contribution is 5.70. The highest BCUT2D eigenvalue weighted by Gasteiger charge is 2.33. The molecule has 2 aliphatic rings. The van der Waals surface area contributed by atoms with Crippen molar-refractivity contribution in [1.82, 2.24) is 10.2 Å². The number of amides is 1. The molecule has 0 spiro atoms. The molecule has 4 heteroatoms. The van der Waals surface area contributed by atoms with Crippen LogP contribution in [0.4, 0.5) is 4.79 Å².